The first-order valence-electron chi connectivity index (χ1n) is 5.70. The van der Waals surface area contributed by atoms with Crippen LogP contribution >= 0.6 is 15.9 Å². The number of benzene rings is 1. The number of sulfonamides is 1. The number of aliphatic hydroxyl groups excluding tert-OH is 1. The Bertz CT molecular complexity index is 507. The minimum Gasteiger partial charge on any atom is -0.398 e. The third kappa shape index (κ3) is 5.45. The first-order chi connectivity index (χ1) is 8.97. The van der Waals surface area contributed by atoms with E-state index in [2.05, 4.69) is 20.7 Å². The van der Waals surface area contributed by atoms with Crippen LogP contribution < -0.4 is 10.5 Å². The second kappa shape index (κ2) is 7.81. The summed E-state index contributed by atoms with van der Waals surface area (Å²) in [6.07, 6.45) is 0.537. The van der Waals surface area contributed by atoms with Gasteiger partial charge in [-0.25, -0.2) is 13.1 Å². The van der Waals surface area contributed by atoms with Gasteiger partial charge in [0.25, 0.3) is 0 Å². The molecule has 0 spiro atoms. The van der Waals surface area contributed by atoms with Crippen LogP contribution in [-0.4, -0.2) is 39.9 Å². The minimum atomic E-state index is -3.53. The lowest BCUT2D eigenvalue weighted by Crippen LogP contribution is -2.25. The molecule has 0 aliphatic carbocycles. The van der Waals surface area contributed by atoms with E-state index in [9.17, 15) is 8.42 Å². The van der Waals surface area contributed by atoms with E-state index in [1.807, 2.05) is 0 Å². The summed E-state index contributed by atoms with van der Waals surface area (Å²) in [4.78, 5) is 0.157. The number of hydrogen-bond acceptors (Lipinski definition) is 5. The quantitative estimate of drug-likeness (QED) is 0.472. The average molecular weight is 353 g/mol. The monoisotopic (exact) mass is 352 g/mol. The zero-order valence-electron chi connectivity index (χ0n) is 10.3. The van der Waals surface area contributed by atoms with E-state index < -0.39 is 10.0 Å². The number of ether oxygens (including phenoxy) is 1. The summed E-state index contributed by atoms with van der Waals surface area (Å²) in [6, 6.07) is 4.44. The summed E-state index contributed by atoms with van der Waals surface area (Å²) in [5, 5.41) is 8.50. The number of nitrogen functional groups attached to an aromatic ring is 1. The third-order valence-corrected chi connectivity index (χ3v) is 4.42. The normalized spacial score (nSPS) is 11.7. The molecular formula is C11H17BrN2O4S. The van der Waals surface area contributed by atoms with Crippen molar-refractivity contribution < 1.29 is 18.3 Å². The Kier molecular flexibility index (Phi) is 6.73. The van der Waals surface area contributed by atoms with E-state index in [-0.39, 0.29) is 24.7 Å². The summed E-state index contributed by atoms with van der Waals surface area (Å²) in [7, 11) is -3.53. The van der Waals surface area contributed by atoms with Gasteiger partial charge in [0.2, 0.25) is 10.0 Å². The smallest absolute Gasteiger partial charge is 0.240 e. The molecule has 1 aromatic carbocycles. The van der Waals surface area contributed by atoms with Crippen molar-refractivity contribution in [2.45, 2.75) is 11.3 Å². The highest BCUT2D eigenvalue weighted by Crippen LogP contribution is 2.22. The number of nitrogens with one attached hydrogen (secondary N) is 1. The molecule has 0 fully saturated rings. The van der Waals surface area contributed by atoms with E-state index in [0.29, 0.717) is 23.2 Å². The van der Waals surface area contributed by atoms with Crippen molar-refractivity contribution in [2.24, 2.45) is 0 Å². The number of aliphatic hydroxyl groups is 1. The molecule has 0 bridgehead atoms. The van der Waals surface area contributed by atoms with E-state index in [1.54, 1.807) is 0 Å². The van der Waals surface area contributed by atoms with E-state index in [1.165, 1.54) is 18.2 Å². The van der Waals surface area contributed by atoms with Crippen molar-refractivity contribution in [1.29, 1.82) is 0 Å². The summed E-state index contributed by atoms with van der Waals surface area (Å²) in [5.74, 6) is 0. The second-order valence-electron chi connectivity index (χ2n) is 3.77. The van der Waals surface area contributed by atoms with Gasteiger partial charge in [-0.05, 0) is 40.5 Å². The van der Waals surface area contributed by atoms with Crippen LogP contribution in [0.2, 0.25) is 0 Å². The minimum absolute atomic E-state index is 0.0365. The molecule has 108 valence electrons. The molecule has 0 atom stereocenters. The van der Waals surface area contributed by atoms with Gasteiger partial charge in [0.05, 0.1) is 18.1 Å². The molecule has 6 nitrogen and oxygen atoms in total. The van der Waals surface area contributed by atoms with Crippen LogP contribution in [0.15, 0.2) is 27.6 Å². The van der Waals surface area contributed by atoms with Crippen molar-refractivity contribution in [2.75, 3.05) is 32.1 Å². The predicted octanol–water partition coefficient (Wildman–Crippen LogP) is 0.709. The summed E-state index contributed by atoms with van der Waals surface area (Å²) < 4.78 is 31.9. The lowest BCUT2D eigenvalue weighted by molar-refractivity contribution is 0.0913. The Morgan fingerprint density at radius 2 is 2.11 bits per heavy atom. The van der Waals surface area contributed by atoms with Gasteiger partial charge in [0.1, 0.15) is 0 Å². The molecule has 1 rings (SSSR count). The fourth-order valence-corrected chi connectivity index (χ4v) is 2.94. The number of anilines is 1. The van der Waals surface area contributed by atoms with Crippen LogP contribution in [0.1, 0.15) is 6.42 Å². The SMILES string of the molecule is Nc1ccc(S(=O)(=O)NCCCOCCO)cc1Br. The van der Waals surface area contributed by atoms with Crippen molar-refractivity contribution >= 4 is 31.6 Å². The highest BCUT2D eigenvalue weighted by molar-refractivity contribution is 9.10. The molecule has 4 N–H and O–H groups in total. The van der Waals surface area contributed by atoms with Gasteiger partial charge < -0.3 is 15.6 Å². The van der Waals surface area contributed by atoms with Crippen molar-refractivity contribution in [3.8, 4) is 0 Å². The second-order valence-corrected chi connectivity index (χ2v) is 6.39. The van der Waals surface area contributed by atoms with E-state index in [0.717, 1.165) is 0 Å². The summed E-state index contributed by atoms with van der Waals surface area (Å²) >= 11 is 3.19. The zero-order valence-corrected chi connectivity index (χ0v) is 12.7. The lowest BCUT2D eigenvalue weighted by atomic mass is 10.3. The molecule has 0 radical (unpaired) electrons. The first-order valence-corrected chi connectivity index (χ1v) is 7.98. The van der Waals surface area contributed by atoms with Crippen LogP contribution in [0.3, 0.4) is 0 Å². The maximum absolute atomic E-state index is 11.9. The third-order valence-electron chi connectivity index (χ3n) is 2.28. The highest BCUT2D eigenvalue weighted by atomic mass is 79.9. The number of nitrogens with two attached hydrogens (primary N) is 1. The average Bonchev–Trinajstić information content (AvgIpc) is 2.36. The van der Waals surface area contributed by atoms with Crippen LogP contribution in [-0.2, 0) is 14.8 Å². The molecule has 0 saturated carbocycles. The Labute approximate surface area is 121 Å². The molecule has 0 aliphatic heterocycles. The van der Waals surface area contributed by atoms with E-state index >= 15 is 0 Å². The predicted molar refractivity (Wildman–Crippen MR) is 76.3 cm³/mol. The first kappa shape index (κ1) is 16.4. The maximum atomic E-state index is 11.9. The Morgan fingerprint density at radius 1 is 1.37 bits per heavy atom. The van der Waals surface area contributed by atoms with Gasteiger partial charge >= 0.3 is 0 Å². The van der Waals surface area contributed by atoms with E-state index in [4.69, 9.17) is 15.6 Å². The topological polar surface area (TPSA) is 102 Å². The van der Waals surface area contributed by atoms with Gasteiger partial charge in [-0.2, -0.15) is 0 Å². The maximum Gasteiger partial charge on any atom is 0.240 e. The van der Waals surface area contributed by atoms with Crippen molar-refractivity contribution in [3.05, 3.63) is 22.7 Å². The largest absolute Gasteiger partial charge is 0.398 e. The van der Waals surface area contributed by atoms with Crippen molar-refractivity contribution in [1.82, 2.24) is 4.72 Å². The molecule has 0 aromatic heterocycles. The molecule has 0 amide bonds. The molecule has 1 aromatic rings. The van der Waals surface area contributed by atoms with Gasteiger partial charge in [-0.3, -0.25) is 0 Å². The molecule has 8 heteroatoms. The van der Waals surface area contributed by atoms with Gasteiger partial charge in [0, 0.05) is 23.3 Å². The van der Waals surface area contributed by atoms with Crippen LogP contribution in [0.25, 0.3) is 0 Å². The van der Waals surface area contributed by atoms with Crippen LogP contribution in [0, 0.1) is 0 Å². The number of halogens is 1. The molecule has 0 saturated heterocycles. The van der Waals surface area contributed by atoms with Gasteiger partial charge in [-0.15, -0.1) is 0 Å². The van der Waals surface area contributed by atoms with Crippen molar-refractivity contribution in [3.63, 3.8) is 0 Å². The fraction of sp³-hybridized carbons (Fsp3) is 0.455. The molecular weight excluding hydrogens is 336 g/mol. The van der Waals surface area contributed by atoms with Gasteiger partial charge in [0.15, 0.2) is 0 Å². The lowest BCUT2D eigenvalue weighted by Gasteiger charge is -2.08. The van der Waals surface area contributed by atoms with Crippen LogP contribution in [0.5, 0.6) is 0 Å². The highest BCUT2D eigenvalue weighted by Gasteiger charge is 2.14. The summed E-state index contributed by atoms with van der Waals surface area (Å²) in [6.45, 7) is 0.896. The standard InChI is InChI=1S/C11H17BrN2O4S/c12-10-8-9(2-3-11(10)13)19(16,17)14-4-1-6-18-7-5-15/h2-3,8,14-15H,1,4-7,13H2. The van der Waals surface area contributed by atoms with Crippen LogP contribution in [0.4, 0.5) is 5.69 Å². The van der Waals surface area contributed by atoms with Gasteiger partial charge in [-0.1, -0.05) is 0 Å². The zero-order chi connectivity index (χ0) is 14.3. The molecule has 19 heavy (non-hydrogen) atoms. The molecule has 0 heterocycles. The Balaban J connectivity index is 2.49. The summed E-state index contributed by atoms with van der Waals surface area (Å²) in [5.41, 5.74) is 6.08. The molecule has 0 unspecified atom stereocenters. The molecule has 0 aliphatic rings. The Hall–Kier alpha value is -0.670. The Morgan fingerprint density at radius 3 is 2.74 bits per heavy atom. The number of rotatable bonds is 8. The number of hydrogen-bond donors (Lipinski definition) is 3. The fourth-order valence-electron chi connectivity index (χ4n) is 1.31.